The van der Waals surface area contributed by atoms with Gasteiger partial charge < -0.3 is 23.8 Å². The van der Waals surface area contributed by atoms with Crippen LogP contribution in [0.3, 0.4) is 0 Å². The summed E-state index contributed by atoms with van der Waals surface area (Å²) in [4.78, 5) is 14.1. The summed E-state index contributed by atoms with van der Waals surface area (Å²) in [5.41, 5.74) is 4.27. The summed E-state index contributed by atoms with van der Waals surface area (Å²) in [5.74, 6) is 4.30. The largest absolute Gasteiger partial charge is 0.505 e. The zero-order valence-electron chi connectivity index (χ0n) is 55.3. The molecule has 0 aromatic heterocycles. The number of likely N-dealkylation sites (tertiary alicyclic amines) is 1. The van der Waals surface area contributed by atoms with Crippen LogP contribution in [0.2, 0.25) is 0 Å². The topological polar surface area (TPSA) is 63.8 Å². The van der Waals surface area contributed by atoms with E-state index >= 15 is 0 Å². The van der Waals surface area contributed by atoms with Crippen LogP contribution in [-0.2, 0) is 36.6 Å². The minimum absolute atomic E-state index is 0.0185. The van der Waals surface area contributed by atoms with Crippen molar-refractivity contribution in [2.45, 2.75) is 141 Å². The minimum atomic E-state index is 0.0185. The smallest absolute Gasteiger partial charge is 0.152 e. The first-order valence-corrected chi connectivity index (χ1v) is 28.9. The molecule has 462 valence electrons. The van der Waals surface area contributed by atoms with Crippen LogP contribution < -0.4 is 0 Å². The molecule has 1 aliphatic carbocycles. The van der Waals surface area contributed by atoms with E-state index in [1.807, 2.05) is 141 Å². The normalized spacial score (nSPS) is 13.8. The van der Waals surface area contributed by atoms with Gasteiger partial charge in [0.25, 0.3) is 0 Å². The number of aryl methyl sites for hydroxylation is 2. The molecule has 0 bridgehead atoms. The zero-order chi connectivity index (χ0) is 64.3. The van der Waals surface area contributed by atoms with Crippen LogP contribution in [0.5, 0.6) is 0 Å². The molecule has 7 heteroatoms. The number of allylic oxidation sites excluding steroid dienone is 9. The van der Waals surface area contributed by atoms with E-state index in [1.54, 1.807) is 37.3 Å². The Kier molecular flexibility index (Phi) is 99.6. The van der Waals surface area contributed by atoms with Crippen molar-refractivity contribution >= 4 is 11.9 Å². The standard InChI is InChI=1S/2C8H8.C8H14.C7H13N.C6H10.C5H8.C4H9N.2C4H8O.C4H6O.2C3H6O.C3H6.C3H4.2C2H6/c1-2-4-8-6-5-7(8)3-1;1-2-8-6-4-3-5-7-8;2*1-4-6-8(3)7-5-2;1-4-6(3)5-2;1-3-5-4-2;1-5-3-2-4-5;1-4-2-5-3-4;1-4-2-3-5-4;1-3-4(2)5;1-3-2-4-3;1-3-4-2;2*1-3-2;2*1-2/h1-4H,5-6H2;2-7H,1H2;4-5,8H,1-2,6-7H2,3H3;4-5H,1-2,6-7H2,3H3;4-6H,1-2H2,3H3;3-5H,1H2,2H3;2-4H2,1H3;2*4H,2-3H2,1H3;3H,1H2,2H3;3H,2H2,1H3;3H,1H2,2H3;3H,1H2,2H3;1H,2H3;2*1-2H3. The van der Waals surface area contributed by atoms with Gasteiger partial charge >= 0.3 is 0 Å². The minimum Gasteiger partial charge on any atom is -0.505 e. The van der Waals surface area contributed by atoms with Crippen LogP contribution >= 0.6 is 0 Å². The molecule has 81 heavy (non-hydrogen) atoms. The highest BCUT2D eigenvalue weighted by Crippen LogP contribution is 2.20. The summed E-state index contributed by atoms with van der Waals surface area (Å²) >= 11 is 0. The Labute approximate surface area is 504 Å². The number of fused-ring (bicyclic) bond motifs is 1. The van der Waals surface area contributed by atoms with Crippen LogP contribution in [0.4, 0.5) is 0 Å². The third-order valence-electron chi connectivity index (χ3n) is 9.67. The van der Waals surface area contributed by atoms with E-state index in [1.165, 1.54) is 63.6 Å². The van der Waals surface area contributed by atoms with Crippen molar-refractivity contribution in [3.63, 3.8) is 0 Å². The fourth-order valence-corrected chi connectivity index (χ4v) is 4.42. The highest BCUT2D eigenvalue weighted by atomic mass is 16.6. The molecule has 2 atom stereocenters. The number of likely N-dealkylation sites (N-methyl/N-ethyl adjacent to an activating group) is 1. The fraction of sp³-hybridized carbons (Fsp3) is 0.473. The van der Waals surface area contributed by atoms with Gasteiger partial charge in [0.15, 0.2) is 5.78 Å². The molecule has 4 heterocycles. The molecule has 4 aliphatic heterocycles. The fourth-order valence-electron chi connectivity index (χ4n) is 4.42. The number of epoxide rings is 1. The second-order valence-corrected chi connectivity index (χ2v) is 17.8. The Hall–Kier alpha value is -5.85. The third-order valence-corrected chi connectivity index (χ3v) is 9.67. The lowest BCUT2D eigenvalue weighted by Gasteiger charge is -2.24. The predicted molar refractivity (Wildman–Crippen MR) is 370 cm³/mol. The van der Waals surface area contributed by atoms with Crippen molar-refractivity contribution in [1.82, 2.24) is 9.80 Å². The average molecular weight is 1120 g/mol. The van der Waals surface area contributed by atoms with E-state index in [0.29, 0.717) is 18.1 Å². The quantitative estimate of drug-likeness (QED) is 0.0466. The number of hydrogen-bond donors (Lipinski definition) is 0. The van der Waals surface area contributed by atoms with Crippen molar-refractivity contribution in [3.8, 4) is 12.3 Å². The number of ketones is 1. The highest BCUT2D eigenvalue weighted by molar-refractivity contribution is 5.86. The molecule has 0 radical (unpaired) electrons. The Balaban J connectivity index is -0.0000000989. The van der Waals surface area contributed by atoms with E-state index in [-0.39, 0.29) is 5.78 Å². The summed E-state index contributed by atoms with van der Waals surface area (Å²) < 4.78 is 18.8. The summed E-state index contributed by atoms with van der Waals surface area (Å²) in [5, 5.41) is 0. The molecule has 0 saturated carbocycles. The number of carbonyl (C=O) groups excluding carboxylic acids is 1. The molecule has 0 amide bonds. The van der Waals surface area contributed by atoms with Crippen molar-refractivity contribution in [1.29, 1.82) is 0 Å². The number of rotatable bonds is 14. The lowest BCUT2D eigenvalue weighted by Crippen LogP contribution is -2.32. The molecular weight excluding hydrogens is 997 g/mol. The Bertz CT molecular complexity index is 1660. The second-order valence-electron chi connectivity index (χ2n) is 17.8. The van der Waals surface area contributed by atoms with Gasteiger partial charge in [0, 0.05) is 25.6 Å². The number of ether oxygens (including phenoxy) is 4. The molecule has 0 N–H and O–H groups in total. The monoisotopic (exact) mass is 1120 g/mol. The Morgan fingerprint density at radius 3 is 1.21 bits per heavy atom. The van der Waals surface area contributed by atoms with Crippen LogP contribution in [0.15, 0.2) is 200 Å². The number of nitrogens with zero attached hydrogens (tertiary/aromatic N) is 2. The van der Waals surface area contributed by atoms with Gasteiger partial charge in [0.05, 0.1) is 45.4 Å². The maximum absolute atomic E-state index is 9.69. The van der Waals surface area contributed by atoms with Crippen molar-refractivity contribution in [2.24, 2.45) is 17.8 Å². The molecule has 0 spiro atoms. The molecule has 7 rings (SSSR count). The van der Waals surface area contributed by atoms with Crippen LogP contribution in [0.1, 0.15) is 132 Å². The van der Waals surface area contributed by atoms with Gasteiger partial charge in [-0.3, -0.25) is 9.69 Å². The van der Waals surface area contributed by atoms with Gasteiger partial charge in [-0.2, -0.15) is 0 Å². The number of carbonyl (C=O) groups is 1. The lowest BCUT2D eigenvalue weighted by molar-refractivity contribution is -0.112. The first kappa shape index (κ1) is 94.4. The average Bonchev–Trinajstić information content (AvgIpc) is 4.25. The van der Waals surface area contributed by atoms with Gasteiger partial charge in [-0.15, -0.1) is 58.4 Å². The van der Waals surface area contributed by atoms with Crippen molar-refractivity contribution < 1.29 is 23.7 Å². The van der Waals surface area contributed by atoms with Crippen LogP contribution in [-0.4, -0.2) is 102 Å². The first-order chi connectivity index (χ1) is 38.8. The molecule has 5 aliphatic rings. The van der Waals surface area contributed by atoms with Crippen molar-refractivity contribution in [3.05, 3.63) is 217 Å². The van der Waals surface area contributed by atoms with E-state index < -0.39 is 0 Å². The summed E-state index contributed by atoms with van der Waals surface area (Å²) in [6.45, 7) is 72.5. The van der Waals surface area contributed by atoms with Gasteiger partial charge in [-0.1, -0.05) is 196 Å². The van der Waals surface area contributed by atoms with Gasteiger partial charge in [-0.25, -0.2) is 0 Å². The maximum Gasteiger partial charge on any atom is 0.152 e. The number of hydrogen-bond acceptors (Lipinski definition) is 7. The Morgan fingerprint density at radius 2 is 1.10 bits per heavy atom. The maximum atomic E-state index is 9.69. The predicted octanol–water partition coefficient (Wildman–Crippen LogP) is 19.5. The van der Waals surface area contributed by atoms with Gasteiger partial charge in [-0.05, 0) is 142 Å². The molecule has 2 aromatic rings. The molecule has 7 nitrogen and oxygen atoms in total. The molecule has 4 fully saturated rings. The van der Waals surface area contributed by atoms with Gasteiger partial charge in [0.2, 0.25) is 0 Å². The number of benzene rings is 2. The van der Waals surface area contributed by atoms with Crippen LogP contribution in [0, 0.1) is 30.1 Å². The van der Waals surface area contributed by atoms with Crippen LogP contribution in [0.25, 0.3) is 6.08 Å². The summed E-state index contributed by atoms with van der Waals surface area (Å²) in [6, 6.07) is 18.7. The summed E-state index contributed by atoms with van der Waals surface area (Å²) in [7, 11) is 5.74. The number of methoxy groups -OCH3 is 1. The molecule has 4 saturated heterocycles. The molecular formula is C74H126N2O5. The van der Waals surface area contributed by atoms with Gasteiger partial charge in [0.1, 0.15) is 0 Å². The zero-order valence-corrected chi connectivity index (χ0v) is 55.3. The second kappa shape index (κ2) is 85.4. The summed E-state index contributed by atoms with van der Waals surface area (Å²) in [6.07, 6.45) is 36.4. The molecule has 2 aromatic carbocycles. The molecule has 2 unspecified atom stereocenters. The lowest BCUT2D eigenvalue weighted by atomic mass is 9.89. The first-order valence-electron chi connectivity index (χ1n) is 28.9. The van der Waals surface area contributed by atoms with E-state index in [2.05, 4.69) is 158 Å². The van der Waals surface area contributed by atoms with E-state index in [0.717, 1.165) is 64.2 Å². The highest BCUT2D eigenvalue weighted by Gasteiger charge is 2.13. The van der Waals surface area contributed by atoms with E-state index in [4.69, 9.17) is 14.2 Å². The van der Waals surface area contributed by atoms with Crippen molar-refractivity contribution in [2.75, 3.05) is 73.8 Å². The van der Waals surface area contributed by atoms with E-state index in [9.17, 15) is 4.79 Å². The number of terminal acetylenes is 1. The Morgan fingerprint density at radius 1 is 0.753 bits per heavy atom. The third kappa shape index (κ3) is 99.9. The SMILES string of the molecule is C#CC.C=CC.C=CC(C)=O.C=CC(C)C=C.C=CC=CC.C=CCC(C)CC=C.C=CCN(C)CC=C.C=COC.C=Cc1ccccc1.CC.CC.CC1CCO1.CC1CO1.CC1COC1.CN1CCC1.c1ccc2c(c1)CC2.